The summed E-state index contributed by atoms with van der Waals surface area (Å²) in [5.41, 5.74) is 3.72. The lowest BCUT2D eigenvalue weighted by Gasteiger charge is -2.35. The van der Waals surface area contributed by atoms with Crippen LogP contribution in [0.4, 0.5) is 23.3 Å². The van der Waals surface area contributed by atoms with Crippen LogP contribution in [-0.2, 0) is 35.5 Å². The third kappa shape index (κ3) is 24.4. The van der Waals surface area contributed by atoms with Crippen molar-refractivity contribution >= 4 is 118 Å². The normalized spacial score (nSPS) is 13.1. The number of aryl methyl sites for hydroxylation is 2. The van der Waals surface area contributed by atoms with Gasteiger partial charge < -0.3 is 54.0 Å². The number of hydrogen-bond acceptors (Lipinski definition) is 16. The first-order valence-corrected chi connectivity index (χ1v) is 29.4. The fourth-order valence-corrected chi connectivity index (χ4v) is 8.41. The molecule has 2 amide bonds. The molecule has 0 saturated heterocycles. The van der Waals surface area contributed by atoms with Crippen molar-refractivity contribution in [1.82, 2.24) is 30.0 Å². The molecular formula is C53H71Cl6N10O12P. The Morgan fingerprint density at radius 1 is 0.976 bits per heavy atom. The number of aliphatic carboxylic acids is 1. The first-order valence-electron chi connectivity index (χ1n) is 25.1. The van der Waals surface area contributed by atoms with Gasteiger partial charge in [-0.25, -0.2) is 4.79 Å². The van der Waals surface area contributed by atoms with Crippen molar-refractivity contribution in [3.63, 3.8) is 0 Å². The number of carbonyl (C=O) groups is 3. The smallest absolute Gasteiger partial charge is 0.442 e. The lowest BCUT2D eigenvalue weighted by molar-refractivity contribution is -0.135. The minimum atomic E-state index is -4.10. The number of anilines is 4. The van der Waals surface area contributed by atoms with E-state index < -0.39 is 42.4 Å². The summed E-state index contributed by atoms with van der Waals surface area (Å²) < 4.78 is 32.3. The zero-order chi connectivity index (χ0) is 62.3. The summed E-state index contributed by atoms with van der Waals surface area (Å²) in [4.78, 5) is 76.7. The summed E-state index contributed by atoms with van der Waals surface area (Å²) in [5, 5.41) is 21.1. The summed E-state index contributed by atoms with van der Waals surface area (Å²) >= 11 is 35.0. The Balaban J connectivity index is 0.000000357. The zero-order valence-corrected chi connectivity index (χ0v) is 53.0. The first kappa shape index (κ1) is 72.7. The first-order chi connectivity index (χ1) is 38.2. The third-order valence-corrected chi connectivity index (χ3v) is 12.4. The molecule has 5 aromatic rings. The van der Waals surface area contributed by atoms with Crippen LogP contribution in [0.15, 0.2) is 63.8 Å². The molecule has 3 aromatic carbocycles. The van der Waals surface area contributed by atoms with Crippen LogP contribution in [-0.4, -0.2) is 132 Å². The average molecular weight is 1280 g/mol. The highest BCUT2D eigenvalue weighted by Crippen LogP contribution is 2.36. The van der Waals surface area contributed by atoms with Gasteiger partial charge in [-0.2, -0.15) is 19.6 Å². The predicted molar refractivity (Wildman–Crippen MR) is 325 cm³/mol. The fraction of sp³-hybridized carbons (Fsp3) is 0.472. The van der Waals surface area contributed by atoms with E-state index in [1.54, 1.807) is 16.9 Å². The molecule has 22 nitrogen and oxygen atoms in total. The number of nitrogens with one attached hydrogen (secondary N) is 3. The van der Waals surface area contributed by atoms with Crippen LogP contribution in [0.3, 0.4) is 0 Å². The van der Waals surface area contributed by atoms with Gasteiger partial charge in [0, 0.05) is 30.7 Å². The number of alkyl halides is 3. The highest BCUT2D eigenvalue weighted by molar-refractivity contribution is 7.51. The van der Waals surface area contributed by atoms with Gasteiger partial charge in [0.05, 0.1) is 58.6 Å². The molecule has 2 aromatic heterocycles. The van der Waals surface area contributed by atoms with Crippen molar-refractivity contribution in [3.8, 4) is 29.5 Å². The Bertz CT molecular complexity index is 3040. The van der Waals surface area contributed by atoms with Crippen LogP contribution >= 0.6 is 77.2 Å². The van der Waals surface area contributed by atoms with Gasteiger partial charge >= 0.3 is 19.3 Å². The van der Waals surface area contributed by atoms with Gasteiger partial charge in [0.2, 0.25) is 29.0 Å². The average Bonchev–Trinajstić information content (AvgIpc) is 4.01. The van der Waals surface area contributed by atoms with E-state index in [2.05, 4.69) is 54.9 Å². The molecule has 0 spiro atoms. The van der Waals surface area contributed by atoms with Gasteiger partial charge in [0.1, 0.15) is 30.6 Å². The molecule has 6 rings (SSSR count). The second-order valence-corrected chi connectivity index (χ2v) is 23.8. The lowest BCUT2D eigenvalue weighted by atomic mass is 9.97. The molecule has 1 aliphatic rings. The van der Waals surface area contributed by atoms with Crippen LogP contribution in [0.25, 0.3) is 5.69 Å². The van der Waals surface area contributed by atoms with Crippen molar-refractivity contribution in [2.75, 3.05) is 72.6 Å². The maximum atomic E-state index is 12.2. The number of benzene rings is 3. The molecule has 6 N–H and O–H groups in total. The fourth-order valence-electron chi connectivity index (χ4n) is 6.99. The highest BCUT2D eigenvalue weighted by atomic mass is 35.5. The van der Waals surface area contributed by atoms with Gasteiger partial charge in [0.25, 0.3) is 5.91 Å². The van der Waals surface area contributed by atoms with E-state index >= 15 is 0 Å². The number of methoxy groups -OCH3 is 1. The maximum Gasteiger partial charge on any atom is 0.442 e. The Morgan fingerprint density at radius 2 is 1.62 bits per heavy atom. The Kier molecular flexibility index (Phi) is 30.5. The number of fused-ring (bicyclic) bond motifs is 1. The van der Waals surface area contributed by atoms with Crippen LogP contribution in [0.2, 0.25) is 15.3 Å². The number of carboxylic acids is 1. The van der Waals surface area contributed by atoms with Gasteiger partial charge in [-0.3, -0.25) is 24.3 Å². The van der Waals surface area contributed by atoms with Crippen LogP contribution < -0.4 is 41.0 Å². The van der Waals surface area contributed by atoms with Crippen molar-refractivity contribution in [1.29, 1.82) is 0 Å². The number of hydrogen-bond donors (Lipinski definition) is 6. The van der Waals surface area contributed by atoms with Crippen LogP contribution in [0.1, 0.15) is 86.3 Å². The van der Waals surface area contributed by atoms with E-state index in [4.69, 9.17) is 110 Å². The minimum Gasteiger partial charge on any atom is -0.489 e. The van der Waals surface area contributed by atoms with E-state index in [0.29, 0.717) is 48.2 Å². The van der Waals surface area contributed by atoms with E-state index in [0.717, 1.165) is 40.1 Å². The van der Waals surface area contributed by atoms with Crippen LogP contribution in [0.5, 0.6) is 11.5 Å². The molecule has 0 bridgehead atoms. The SMILES string of the molecule is C#CCOc1cc(-n2nc(C(C)(C)C)oc2=O)c(Cl)cc1Cl.CC1COc2ccccc2N1C(=O)C(Cl)Cl.CCNc1nc(Cl)nc(NC(C)(C)C)n1.CCc1cccc(C)c1N(C(=O)CCl)C(C)COC.O=C(O)CNCP(=O)(O)O. The van der Waals surface area contributed by atoms with E-state index in [1.165, 1.54) is 12.1 Å². The second kappa shape index (κ2) is 34.4. The van der Waals surface area contributed by atoms with Crippen molar-refractivity contribution in [2.45, 2.75) is 110 Å². The van der Waals surface area contributed by atoms with Crippen molar-refractivity contribution in [3.05, 3.63) is 97.5 Å². The quantitative estimate of drug-likeness (QED) is 0.0287. The van der Waals surface area contributed by atoms with Gasteiger partial charge in [-0.15, -0.1) is 23.1 Å². The monoisotopic (exact) mass is 1280 g/mol. The number of carboxylic acid groups (broad SMARTS) is 1. The highest BCUT2D eigenvalue weighted by Gasteiger charge is 2.32. The van der Waals surface area contributed by atoms with E-state index in [1.807, 2.05) is 106 Å². The molecule has 0 saturated carbocycles. The zero-order valence-electron chi connectivity index (χ0n) is 47.5. The number of ether oxygens (including phenoxy) is 3. The number of carbonyl (C=O) groups excluding carboxylic acids is 2. The molecule has 452 valence electrons. The van der Waals surface area contributed by atoms with Gasteiger partial charge in [-0.05, 0) is 95.8 Å². The lowest BCUT2D eigenvalue weighted by Crippen LogP contribution is -2.47. The van der Waals surface area contributed by atoms with Crippen molar-refractivity contribution < 1.29 is 52.5 Å². The molecule has 0 fully saturated rings. The molecular weight excluding hydrogens is 1210 g/mol. The number of nitrogens with zero attached hydrogens (tertiary/aromatic N) is 7. The standard InChI is InChI=1S/C15H14Cl2N2O3.C15H22ClNO2.C11H11Cl2NO2.C9H16ClN5.C3H8NO5P/c1-5-6-21-12-8-11(9(16)7-10(12)17)19-14(20)22-13(18-19)15(2,3)4;1-5-13-8-6-7-11(2)15(13)17(14(18)9-16)12(3)10-19-4;1-7-6-16-9-5-3-2-4-8(9)14(7)11(15)10(12)13;1-5-11-7-12-6(10)13-8(14-7)15-9(2,3)4;5-3(6)1-4-2-10(7,8)9/h1,7-8H,6H2,2-4H3;6-8,12H,5,9-10H2,1-4H3;2-5,7,10H,6H2,1H3;5H2,1-4H3,(H2,11,12,13,14,15);4H,1-2H2,(H,5,6)(H2,7,8,9). The molecule has 0 radical (unpaired) electrons. The minimum absolute atomic E-state index is 0.0223. The second-order valence-electron chi connectivity index (χ2n) is 19.6. The number of para-hydroxylation sites is 3. The Hall–Kier alpha value is -5.41. The number of terminal acetylenes is 1. The molecule has 3 heterocycles. The summed E-state index contributed by atoms with van der Waals surface area (Å²) in [7, 11) is -2.46. The summed E-state index contributed by atoms with van der Waals surface area (Å²) in [6.07, 6.45) is 5.43. The number of aromatic nitrogens is 5. The number of amides is 2. The van der Waals surface area contributed by atoms with Crippen LogP contribution in [0, 0.1) is 19.3 Å². The summed E-state index contributed by atoms with van der Waals surface area (Å²) in [6.45, 7) is 22.9. The summed E-state index contributed by atoms with van der Waals surface area (Å²) in [5.74, 6) is 2.40. The number of rotatable bonds is 17. The molecule has 1 aliphatic heterocycles. The van der Waals surface area contributed by atoms with E-state index in [-0.39, 0.29) is 57.3 Å². The van der Waals surface area contributed by atoms with Crippen molar-refractivity contribution in [2.24, 2.45) is 0 Å². The molecule has 29 heteroatoms. The topological polar surface area (TPSA) is 286 Å². The molecule has 82 heavy (non-hydrogen) atoms. The largest absolute Gasteiger partial charge is 0.489 e. The molecule has 2 unspecified atom stereocenters. The predicted octanol–water partition coefficient (Wildman–Crippen LogP) is 10.2. The molecule has 2 atom stereocenters. The Morgan fingerprint density at radius 3 is 2.16 bits per heavy atom. The Labute approximate surface area is 508 Å². The van der Waals surface area contributed by atoms with E-state index in [9.17, 15) is 23.7 Å². The summed E-state index contributed by atoms with van der Waals surface area (Å²) in [6, 6.07) is 16.3. The van der Waals surface area contributed by atoms with Gasteiger partial charge in [-0.1, -0.05) is 110 Å². The number of halogens is 6. The molecule has 0 aliphatic carbocycles. The van der Waals surface area contributed by atoms with Gasteiger partial charge in [0.15, 0.2) is 4.84 Å². The third-order valence-electron chi connectivity index (χ3n) is 10.4. The maximum absolute atomic E-state index is 12.2.